The highest BCUT2D eigenvalue weighted by Gasteiger charge is 2.17. The van der Waals surface area contributed by atoms with Gasteiger partial charge in [0.05, 0.1) is 15.2 Å². The number of hydrogen-bond donors (Lipinski definition) is 2. The normalized spacial score (nSPS) is 13.9. The van der Waals surface area contributed by atoms with Crippen LogP contribution in [0, 0.1) is 5.92 Å². The second-order valence-electron chi connectivity index (χ2n) is 5.05. The average Bonchev–Trinajstić information content (AvgIpc) is 2.76. The van der Waals surface area contributed by atoms with E-state index in [2.05, 4.69) is 37.6 Å². The minimum absolute atomic E-state index is 0. The van der Waals surface area contributed by atoms with Gasteiger partial charge in [-0.1, -0.05) is 15.9 Å². The Morgan fingerprint density at radius 3 is 2.86 bits per heavy atom. The van der Waals surface area contributed by atoms with Crippen molar-refractivity contribution >= 4 is 68.2 Å². The standard InChI is InChI=1S/C14H16BrN3OS.2ClH/c15-10-1-2-12-11(5-10)18-14(20-12)4-3-13(19)17-8-9-6-16-7-9;;/h1-2,5,9,16H,3-4,6-8H2,(H,17,19);2*1H. The Hall–Kier alpha value is -0.400. The number of benzene rings is 1. The molecule has 0 atom stereocenters. The van der Waals surface area contributed by atoms with Gasteiger partial charge in [0.2, 0.25) is 5.91 Å². The molecule has 2 heterocycles. The number of fused-ring (bicyclic) bond motifs is 1. The maximum Gasteiger partial charge on any atom is 0.220 e. The molecule has 8 heteroatoms. The number of aryl methyl sites for hydroxylation is 1. The van der Waals surface area contributed by atoms with Crippen molar-refractivity contribution in [2.24, 2.45) is 5.92 Å². The summed E-state index contributed by atoms with van der Waals surface area (Å²) in [6, 6.07) is 6.09. The number of nitrogens with one attached hydrogen (secondary N) is 2. The predicted molar refractivity (Wildman–Crippen MR) is 99.5 cm³/mol. The van der Waals surface area contributed by atoms with Crippen LogP contribution in [0.15, 0.2) is 22.7 Å². The molecule has 0 spiro atoms. The molecule has 4 nitrogen and oxygen atoms in total. The summed E-state index contributed by atoms with van der Waals surface area (Å²) in [4.78, 5) is 16.3. The smallest absolute Gasteiger partial charge is 0.220 e. The third-order valence-electron chi connectivity index (χ3n) is 3.41. The van der Waals surface area contributed by atoms with Gasteiger partial charge in [-0.15, -0.1) is 36.2 Å². The number of halogens is 3. The molecule has 22 heavy (non-hydrogen) atoms. The van der Waals surface area contributed by atoms with Crippen LogP contribution >= 0.6 is 52.1 Å². The van der Waals surface area contributed by atoms with Crippen molar-refractivity contribution in [2.75, 3.05) is 19.6 Å². The molecule has 0 bridgehead atoms. The number of thiazole rings is 1. The molecule has 1 saturated heterocycles. The molecular formula is C14H18BrCl2N3OS. The van der Waals surface area contributed by atoms with E-state index in [0.717, 1.165) is 34.6 Å². The van der Waals surface area contributed by atoms with E-state index < -0.39 is 0 Å². The van der Waals surface area contributed by atoms with Crippen LogP contribution in [-0.2, 0) is 11.2 Å². The molecule has 122 valence electrons. The van der Waals surface area contributed by atoms with Crippen molar-refractivity contribution in [3.05, 3.63) is 27.7 Å². The maximum atomic E-state index is 11.8. The molecule has 3 rings (SSSR count). The lowest BCUT2D eigenvalue weighted by molar-refractivity contribution is -0.121. The van der Waals surface area contributed by atoms with Crippen molar-refractivity contribution in [1.29, 1.82) is 0 Å². The summed E-state index contributed by atoms with van der Waals surface area (Å²) in [6.45, 7) is 2.83. The van der Waals surface area contributed by atoms with Crippen LogP contribution in [0.25, 0.3) is 10.2 Å². The highest BCUT2D eigenvalue weighted by atomic mass is 79.9. The molecular weight excluding hydrogens is 409 g/mol. The summed E-state index contributed by atoms with van der Waals surface area (Å²) < 4.78 is 2.21. The fourth-order valence-electron chi connectivity index (χ4n) is 2.12. The van der Waals surface area contributed by atoms with E-state index in [1.54, 1.807) is 11.3 Å². The fourth-order valence-corrected chi connectivity index (χ4v) is 3.41. The zero-order chi connectivity index (χ0) is 13.9. The van der Waals surface area contributed by atoms with Gasteiger partial charge >= 0.3 is 0 Å². The quantitative estimate of drug-likeness (QED) is 0.771. The topological polar surface area (TPSA) is 54.0 Å². The molecule has 0 saturated carbocycles. The summed E-state index contributed by atoms with van der Waals surface area (Å²) in [5.74, 6) is 0.732. The highest BCUT2D eigenvalue weighted by Crippen LogP contribution is 2.25. The van der Waals surface area contributed by atoms with Crippen molar-refractivity contribution in [3.63, 3.8) is 0 Å². The first-order valence-electron chi connectivity index (χ1n) is 6.73. The molecule has 1 fully saturated rings. The van der Waals surface area contributed by atoms with Gasteiger partial charge in [0.25, 0.3) is 0 Å². The van der Waals surface area contributed by atoms with E-state index in [9.17, 15) is 4.79 Å². The van der Waals surface area contributed by atoms with Gasteiger partial charge in [0.15, 0.2) is 0 Å². The molecule has 1 aliphatic rings. The summed E-state index contributed by atoms with van der Waals surface area (Å²) in [5, 5.41) is 7.21. The Morgan fingerprint density at radius 1 is 1.41 bits per heavy atom. The zero-order valence-electron chi connectivity index (χ0n) is 11.8. The Balaban J connectivity index is 0.00000121. The number of hydrogen-bond acceptors (Lipinski definition) is 4. The summed E-state index contributed by atoms with van der Waals surface area (Å²) in [5.41, 5.74) is 1.00. The van der Waals surface area contributed by atoms with Crippen molar-refractivity contribution in [1.82, 2.24) is 15.6 Å². The van der Waals surface area contributed by atoms with E-state index >= 15 is 0 Å². The summed E-state index contributed by atoms with van der Waals surface area (Å²) in [7, 11) is 0. The molecule has 2 N–H and O–H groups in total. The molecule has 1 aliphatic heterocycles. The van der Waals surface area contributed by atoms with E-state index in [1.165, 1.54) is 4.70 Å². The Morgan fingerprint density at radius 2 is 2.18 bits per heavy atom. The van der Waals surface area contributed by atoms with Gasteiger partial charge in [-0.05, 0) is 18.2 Å². The third kappa shape index (κ3) is 5.06. The van der Waals surface area contributed by atoms with Gasteiger partial charge in [-0.3, -0.25) is 4.79 Å². The Kier molecular flexibility index (Phi) is 8.07. The van der Waals surface area contributed by atoms with E-state index in [0.29, 0.717) is 18.8 Å². The van der Waals surface area contributed by atoms with Crippen LogP contribution in [0.3, 0.4) is 0 Å². The minimum Gasteiger partial charge on any atom is -0.356 e. The number of carbonyl (C=O) groups is 1. The van der Waals surface area contributed by atoms with Crippen LogP contribution in [0.1, 0.15) is 11.4 Å². The molecule has 1 amide bonds. The number of carbonyl (C=O) groups excluding carboxylic acids is 1. The zero-order valence-corrected chi connectivity index (χ0v) is 15.8. The number of rotatable bonds is 5. The molecule has 1 aromatic carbocycles. The van der Waals surface area contributed by atoms with Crippen molar-refractivity contribution in [2.45, 2.75) is 12.8 Å². The van der Waals surface area contributed by atoms with E-state index in [4.69, 9.17) is 0 Å². The van der Waals surface area contributed by atoms with Crippen molar-refractivity contribution in [3.8, 4) is 0 Å². The van der Waals surface area contributed by atoms with E-state index in [1.807, 2.05) is 12.1 Å². The van der Waals surface area contributed by atoms with Gasteiger partial charge in [-0.2, -0.15) is 0 Å². The first-order chi connectivity index (χ1) is 9.70. The Bertz CT molecular complexity index is 634. The lowest BCUT2D eigenvalue weighted by Gasteiger charge is -2.27. The number of amides is 1. The summed E-state index contributed by atoms with van der Waals surface area (Å²) in [6.07, 6.45) is 1.23. The first-order valence-corrected chi connectivity index (χ1v) is 8.34. The van der Waals surface area contributed by atoms with Gasteiger partial charge in [0, 0.05) is 42.9 Å². The second kappa shape index (κ2) is 9.03. The molecule has 0 radical (unpaired) electrons. The molecule has 0 aliphatic carbocycles. The van der Waals surface area contributed by atoms with Crippen LogP contribution in [0.4, 0.5) is 0 Å². The summed E-state index contributed by atoms with van der Waals surface area (Å²) >= 11 is 5.11. The van der Waals surface area contributed by atoms with Crippen LogP contribution < -0.4 is 10.6 Å². The molecule has 1 aromatic heterocycles. The van der Waals surface area contributed by atoms with Crippen LogP contribution in [0.5, 0.6) is 0 Å². The van der Waals surface area contributed by atoms with Crippen LogP contribution in [-0.4, -0.2) is 30.5 Å². The van der Waals surface area contributed by atoms with Crippen LogP contribution in [0.2, 0.25) is 0 Å². The minimum atomic E-state index is 0. The fraction of sp³-hybridized carbons (Fsp3) is 0.429. The number of aromatic nitrogens is 1. The second-order valence-corrected chi connectivity index (χ2v) is 7.08. The van der Waals surface area contributed by atoms with Gasteiger partial charge < -0.3 is 10.6 Å². The van der Waals surface area contributed by atoms with Gasteiger partial charge in [0.1, 0.15) is 0 Å². The SMILES string of the molecule is Cl.Cl.O=C(CCc1nc2cc(Br)ccc2s1)NCC1CNC1. The lowest BCUT2D eigenvalue weighted by Crippen LogP contribution is -2.48. The lowest BCUT2D eigenvalue weighted by atomic mass is 10.0. The third-order valence-corrected chi connectivity index (χ3v) is 5.00. The highest BCUT2D eigenvalue weighted by molar-refractivity contribution is 9.10. The largest absolute Gasteiger partial charge is 0.356 e. The monoisotopic (exact) mass is 425 g/mol. The molecule has 2 aromatic rings. The Labute approximate surface area is 154 Å². The maximum absolute atomic E-state index is 11.8. The predicted octanol–water partition coefficient (Wildman–Crippen LogP) is 3.17. The number of nitrogens with zero attached hydrogens (tertiary/aromatic N) is 1. The van der Waals surface area contributed by atoms with Gasteiger partial charge in [-0.25, -0.2) is 4.98 Å². The van der Waals surface area contributed by atoms with E-state index in [-0.39, 0.29) is 30.7 Å². The molecule has 0 unspecified atom stereocenters. The average molecular weight is 427 g/mol. The first kappa shape index (κ1) is 19.6. The van der Waals surface area contributed by atoms with Crippen molar-refractivity contribution < 1.29 is 4.79 Å².